The molecule has 0 aromatic carbocycles. The summed E-state index contributed by atoms with van der Waals surface area (Å²) in [5.74, 6) is 0.904. The molecule has 1 aliphatic carbocycles. The van der Waals surface area contributed by atoms with Crippen LogP contribution in [0.3, 0.4) is 0 Å². The van der Waals surface area contributed by atoms with Crippen molar-refractivity contribution >= 4 is 0 Å². The first-order valence-electron chi connectivity index (χ1n) is 5.73. The van der Waals surface area contributed by atoms with Crippen molar-refractivity contribution in [3.05, 3.63) is 0 Å². The van der Waals surface area contributed by atoms with Crippen molar-refractivity contribution in [2.45, 2.75) is 38.8 Å². The summed E-state index contributed by atoms with van der Waals surface area (Å²) >= 11 is 0. The van der Waals surface area contributed by atoms with Gasteiger partial charge in [0.25, 0.3) is 0 Å². The second-order valence-corrected chi connectivity index (χ2v) is 4.45. The minimum absolute atomic E-state index is 0.228. The Hall–Kier alpha value is -0.120. The number of aliphatic hydroxyl groups excluding tert-OH is 1. The third-order valence-corrected chi connectivity index (χ3v) is 3.22. The normalized spacial score (nSPS) is 21.2. The molecular weight excluding hydrogens is 176 g/mol. The van der Waals surface area contributed by atoms with E-state index < -0.39 is 0 Å². The summed E-state index contributed by atoms with van der Waals surface area (Å²) in [6.45, 7) is 6.47. The van der Waals surface area contributed by atoms with Crippen molar-refractivity contribution in [3.63, 3.8) is 0 Å². The molecule has 0 heterocycles. The number of aliphatic hydroxyl groups is 1. The molecule has 0 aliphatic heterocycles. The Morgan fingerprint density at radius 3 is 2.57 bits per heavy atom. The lowest BCUT2D eigenvalue weighted by molar-refractivity contribution is 0.166. The molecule has 1 rings (SSSR count). The lowest BCUT2D eigenvalue weighted by Crippen LogP contribution is -2.45. The third kappa shape index (κ3) is 3.56. The first-order chi connectivity index (χ1) is 6.69. The van der Waals surface area contributed by atoms with Gasteiger partial charge >= 0.3 is 0 Å². The molecule has 0 spiro atoms. The Morgan fingerprint density at radius 1 is 1.50 bits per heavy atom. The highest BCUT2D eigenvalue weighted by molar-refractivity contribution is 4.85. The molecule has 84 valence electrons. The highest BCUT2D eigenvalue weighted by Gasteiger charge is 2.30. The maximum absolute atomic E-state index is 9.15. The Balaban J connectivity index is 2.25. The summed E-state index contributed by atoms with van der Waals surface area (Å²) in [6, 6.07) is 0.897. The lowest BCUT2D eigenvalue weighted by Gasteiger charge is -2.28. The van der Waals surface area contributed by atoms with Crippen LogP contribution in [0.2, 0.25) is 0 Å². The van der Waals surface area contributed by atoms with E-state index in [4.69, 9.17) is 5.11 Å². The van der Waals surface area contributed by atoms with Crippen LogP contribution in [0.15, 0.2) is 0 Å². The second kappa shape index (κ2) is 5.69. The van der Waals surface area contributed by atoms with Crippen LogP contribution in [0.4, 0.5) is 0 Å². The summed E-state index contributed by atoms with van der Waals surface area (Å²) in [5, 5.41) is 12.4. The standard InChI is InChI=1S/C11H24N2O/c1-4-12-11(8-14)7-13(3)9(2)10-5-6-10/h9-12,14H,4-8H2,1-3H3. The third-order valence-electron chi connectivity index (χ3n) is 3.22. The Morgan fingerprint density at radius 2 is 2.14 bits per heavy atom. The van der Waals surface area contributed by atoms with Crippen LogP contribution in [0, 0.1) is 5.92 Å². The predicted molar refractivity (Wildman–Crippen MR) is 59.4 cm³/mol. The van der Waals surface area contributed by atoms with Gasteiger partial charge in [-0.2, -0.15) is 0 Å². The van der Waals surface area contributed by atoms with E-state index in [9.17, 15) is 0 Å². The van der Waals surface area contributed by atoms with E-state index in [1.807, 2.05) is 0 Å². The molecule has 2 N–H and O–H groups in total. The summed E-state index contributed by atoms with van der Waals surface area (Å²) in [7, 11) is 2.16. The van der Waals surface area contributed by atoms with Gasteiger partial charge in [0.1, 0.15) is 0 Å². The van der Waals surface area contributed by atoms with Crippen LogP contribution >= 0.6 is 0 Å². The molecule has 0 bridgehead atoms. The average Bonchev–Trinajstić information content (AvgIpc) is 2.99. The van der Waals surface area contributed by atoms with E-state index in [0.29, 0.717) is 6.04 Å². The topological polar surface area (TPSA) is 35.5 Å². The number of likely N-dealkylation sites (N-methyl/N-ethyl adjacent to an activating group) is 2. The molecule has 1 aliphatic rings. The molecule has 1 fully saturated rings. The molecule has 0 aromatic rings. The van der Waals surface area contributed by atoms with Crippen molar-refractivity contribution in [1.82, 2.24) is 10.2 Å². The average molecular weight is 200 g/mol. The van der Waals surface area contributed by atoms with Gasteiger partial charge < -0.3 is 15.3 Å². The summed E-state index contributed by atoms with van der Waals surface area (Å²) < 4.78 is 0. The van der Waals surface area contributed by atoms with Crippen molar-refractivity contribution in [3.8, 4) is 0 Å². The van der Waals surface area contributed by atoms with Gasteiger partial charge in [-0.3, -0.25) is 0 Å². The Bertz CT molecular complexity index is 159. The molecule has 2 unspecified atom stereocenters. The second-order valence-electron chi connectivity index (χ2n) is 4.45. The molecule has 2 atom stereocenters. The van der Waals surface area contributed by atoms with Crippen molar-refractivity contribution < 1.29 is 5.11 Å². The highest BCUT2D eigenvalue weighted by Crippen LogP contribution is 2.34. The van der Waals surface area contributed by atoms with Gasteiger partial charge in [-0.15, -0.1) is 0 Å². The molecule has 0 aromatic heterocycles. The van der Waals surface area contributed by atoms with E-state index in [0.717, 1.165) is 19.0 Å². The van der Waals surface area contributed by atoms with E-state index in [1.54, 1.807) is 0 Å². The molecule has 0 saturated heterocycles. The van der Waals surface area contributed by atoms with Gasteiger partial charge in [0.05, 0.1) is 6.61 Å². The van der Waals surface area contributed by atoms with Crippen LogP contribution < -0.4 is 5.32 Å². The highest BCUT2D eigenvalue weighted by atomic mass is 16.3. The van der Waals surface area contributed by atoms with Gasteiger partial charge in [0.15, 0.2) is 0 Å². The number of hydrogen-bond donors (Lipinski definition) is 2. The minimum atomic E-state index is 0.228. The minimum Gasteiger partial charge on any atom is -0.395 e. The molecule has 3 heteroatoms. The number of nitrogens with zero attached hydrogens (tertiary/aromatic N) is 1. The van der Waals surface area contributed by atoms with Crippen LogP contribution in [-0.2, 0) is 0 Å². The smallest absolute Gasteiger partial charge is 0.0597 e. The zero-order valence-electron chi connectivity index (χ0n) is 9.66. The SMILES string of the molecule is CCNC(CO)CN(C)C(C)C1CC1. The molecule has 0 amide bonds. The predicted octanol–water partition coefficient (Wildman–Crippen LogP) is 0.687. The van der Waals surface area contributed by atoms with Crippen molar-refractivity contribution in [2.75, 3.05) is 26.7 Å². The van der Waals surface area contributed by atoms with E-state index in [-0.39, 0.29) is 12.6 Å². The van der Waals surface area contributed by atoms with Crippen LogP contribution in [-0.4, -0.2) is 48.8 Å². The summed E-state index contributed by atoms with van der Waals surface area (Å²) in [5.41, 5.74) is 0. The molecular formula is C11H24N2O. The fourth-order valence-electron chi connectivity index (χ4n) is 1.93. The zero-order chi connectivity index (χ0) is 10.6. The fourth-order valence-corrected chi connectivity index (χ4v) is 1.93. The Labute approximate surface area is 87.5 Å². The largest absolute Gasteiger partial charge is 0.395 e. The number of hydrogen-bond acceptors (Lipinski definition) is 3. The maximum Gasteiger partial charge on any atom is 0.0597 e. The van der Waals surface area contributed by atoms with Gasteiger partial charge in [-0.1, -0.05) is 6.92 Å². The molecule has 14 heavy (non-hydrogen) atoms. The summed E-state index contributed by atoms with van der Waals surface area (Å²) in [4.78, 5) is 2.36. The fraction of sp³-hybridized carbons (Fsp3) is 1.00. The van der Waals surface area contributed by atoms with E-state index >= 15 is 0 Å². The van der Waals surface area contributed by atoms with Crippen LogP contribution in [0.25, 0.3) is 0 Å². The number of rotatable bonds is 7. The lowest BCUT2D eigenvalue weighted by atomic mass is 10.1. The van der Waals surface area contributed by atoms with Crippen molar-refractivity contribution in [2.24, 2.45) is 5.92 Å². The molecule has 1 saturated carbocycles. The van der Waals surface area contributed by atoms with Gasteiger partial charge in [-0.25, -0.2) is 0 Å². The van der Waals surface area contributed by atoms with E-state index in [2.05, 4.69) is 31.1 Å². The van der Waals surface area contributed by atoms with Gasteiger partial charge in [0.2, 0.25) is 0 Å². The van der Waals surface area contributed by atoms with Gasteiger partial charge in [-0.05, 0) is 39.3 Å². The first kappa shape index (κ1) is 12.0. The Kier molecular flexibility index (Phi) is 4.85. The van der Waals surface area contributed by atoms with Crippen LogP contribution in [0.1, 0.15) is 26.7 Å². The molecule has 0 radical (unpaired) electrons. The van der Waals surface area contributed by atoms with E-state index in [1.165, 1.54) is 12.8 Å². The zero-order valence-corrected chi connectivity index (χ0v) is 9.66. The van der Waals surface area contributed by atoms with Crippen molar-refractivity contribution in [1.29, 1.82) is 0 Å². The van der Waals surface area contributed by atoms with Crippen LogP contribution in [0.5, 0.6) is 0 Å². The maximum atomic E-state index is 9.15. The molecule has 3 nitrogen and oxygen atoms in total. The van der Waals surface area contributed by atoms with Gasteiger partial charge in [0, 0.05) is 18.6 Å². The first-order valence-corrected chi connectivity index (χ1v) is 5.73. The number of nitrogens with one attached hydrogen (secondary N) is 1. The monoisotopic (exact) mass is 200 g/mol. The quantitative estimate of drug-likeness (QED) is 0.634. The summed E-state index contributed by atoms with van der Waals surface area (Å²) in [6.07, 6.45) is 2.77.